The molecule has 4 rings (SSSR count). The third-order valence-electron chi connectivity index (χ3n) is 7.05. The summed E-state index contributed by atoms with van der Waals surface area (Å²) >= 11 is 0. The number of likely N-dealkylation sites (tertiary alicyclic amines) is 1. The number of nitrogens with zero attached hydrogens (tertiary/aromatic N) is 1. The van der Waals surface area contributed by atoms with Crippen molar-refractivity contribution >= 4 is 17.6 Å². The standard InChI is InChI=1S/C31H36N2O4/c1-5-37-31(35)28-19-24(22-9-7-6-8-10-22)11-13-26(28)30(34)32-25-12-14-29(36-4)27(20-25)23-15-17-33(18-16-23)21(2)3/h6-14,19-21,23H,5,15-18H2,1-4H3,(H,32,34). The fraction of sp³-hybridized carbons (Fsp3) is 0.355. The van der Waals surface area contributed by atoms with E-state index in [-0.39, 0.29) is 23.6 Å². The van der Waals surface area contributed by atoms with Crippen molar-refractivity contribution in [1.29, 1.82) is 0 Å². The molecule has 1 fully saturated rings. The molecule has 1 heterocycles. The lowest BCUT2D eigenvalue weighted by Gasteiger charge is -2.35. The highest BCUT2D eigenvalue weighted by Gasteiger charge is 2.25. The van der Waals surface area contributed by atoms with Crippen molar-refractivity contribution in [3.05, 3.63) is 83.4 Å². The van der Waals surface area contributed by atoms with Crippen LogP contribution in [-0.2, 0) is 4.74 Å². The minimum Gasteiger partial charge on any atom is -0.496 e. The van der Waals surface area contributed by atoms with Gasteiger partial charge in [-0.3, -0.25) is 4.79 Å². The predicted octanol–water partition coefficient (Wildman–Crippen LogP) is 6.38. The van der Waals surface area contributed by atoms with Crippen molar-refractivity contribution < 1.29 is 19.1 Å². The van der Waals surface area contributed by atoms with Crippen LogP contribution in [0.25, 0.3) is 11.1 Å². The van der Waals surface area contributed by atoms with Crippen LogP contribution in [-0.4, -0.2) is 49.6 Å². The Balaban J connectivity index is 1.60. The number of esters is 1. The molecule has 6 heteroatoms. The molecule has 0 unspecified atom stereocenters. The van der Waals surface area contributed by atoms with Crippen molar-refractivity contribution in [3.63, 3.8) is 0 Å². The van der Waals surface area contributed by atoms with Gasteiger partial charge in [-0.1, -0.05) is 36.4 Å². The van der Waals surface area contributed by atoms with Gasteiger partial charge in [0.2, 0.25) is 0 Å². The maximum absolute atomic E-state index is 13.4. The van der Waals surface area contributed by atoms with E-state index < -0.39 is 5.97 Å². The summed E-state index contributed by atoms with van der Waals surface area (Å²) < 4.78 is 10.9. The average molecular weight is 501 g/mol. The molecule has 0 saturated carbocycles. The summed E-state index contributed by atoms with van der Waals surface area (Å²) in [6.07, 6.45) is 2.08. The second kappa shape index (κ2) is 12.1. The number of hydrogen-bond acceptors (Lipinski definition) is 5. The van der Waals surface area contributed by atoms with Crippen LogP contribution in [0.5, 0.6) is 5.75 Å². The number of anilines is 1. The third kappa shape index (κ3) is 6.20. The van der Waals surface area contributed by atoms with Crippen LogP contribution in [0.3, 0.4) is 0 Å². The molecule has 0 aliphatic carbocycles. The fourth-order valence-corrected chi connectivity index (χ4v) is 4.99. The van der Waals surface area contributed by atoms with E-state index in [0.717, 1.165) is 48.4 Å². The topological polar surface area (TPSA) is 67.9 Å². The molecule has 1 amide bonds. The number of hydrogen-bond donors (Lipinski definition) is 1. The van der Waals surface area contributed by atoms with E-state index in [2.05, 4.69) is 24.1 Å². The van der Waals surface area contributed by atoms with E-state index in [1.165, 1.54) is 0 Å². The van der Waals surface area contributed by atoms with E-state index >= 15 is 0 Å². The van der Waals surface area contributed by atoms with Crippen LogP contribution >= 0.6 is 0 Å². The summed E-state index contributed by atoms with van der Waals surface area (Å²) in [7, 11) is 1.68. The molecule has 0 bridgehead atoms. The highest BCUT2D eigenvalue weighted by Crippen LogP contribution is 2.36. The average Bonchev–Trinajstić information content (AvgIpc) is 2.93. The van der Waals surface area contributed by atoms with E-state index in [1.807, 2.05) is 54.6 Å². The first-order chi connectivity index (χ1) is 17.9. The number of piperidine rings is 1. The Morgan fingerprint density at radius 1 is 0.946 bits per heavy atom. The normalized spacial score (nSPS) is 14.4. The van der Waals surface area contributed by atoms with Crippen molar-refractivity contribution in [3.8, 4) is 16.9 Å². The minimum absolute atomic E-state index is 0.229. The molecule has 0 aromatic heterocycles. The van der Waals surface area contributed by atoms with Crippen LogP contribution in [0.2, 0.25) is 0 Å². The number of nitrogens with one attached hydrogen (secondary N) is 1. The van der Waals surface area contributed by atoms with Crippen molar-refractivity contribution in [1.82, 2.24) is 4.90 Å². The lowest BCUT2D eigenvalue weighted by molar-refractivity contribution is 0.0523. The SMILES string of the molecule is CCOC(=O)c1cc(-c2ccccc2)ccc1C(=O)Nc1ccc(OC)c(C2CCN(C(C)C)CC2)c1. The van der Waals surface area contributed by atoms with Gasteiger partial charge in [0.1, 0.15) is 5.75 Å². The van der Waals surface area contributed by atoms with Crippen LogP contribution in [0.1, 0.15) is 65.8 Å². The first-order valence-electron chi connectivity index (χ1n) is 13.0. The Morgan fingerprint density at radius 2 is 1.68 bits per heavy atom. The minimum atomic E-state index is -0.516. The monoisotopic (exact) mass is 500 g/mol. The Hall–Kier alpha value is -3.64. The Labute approximate surface area is 219 Å². The quantitative estimate of drug-likeness (QED) is 0.364. The molecular weight excluding hydrogens is 464 g/mol. The molecule has 1 saturated heterocycles. The van der Waals surface area contributed by atoms with Gasteiger partial charge in [0.25, 0.3) is 5.91 Å². The van der Waals surface area contributed by atoms with E-state index in [1.54, 1.807) is 26.2 Å². The first kappa shape index (κ1) is 26.4. The van der Waals surface area contributed by atoms with Crippen LogP contribution in [0.15, 0.2) is 66.7 Å². The maximum Gasteiger partial charge on any atom is 0.338 e. The number of carbonyl (C=O) groups excluding carboxylic acids is 2. The van der Waals surface area contributed by atoms with Gasteiger partial charge in [0.05, 0.1) is 24.8 Å². The first-order valence-corrected chi connectivity index (χ1v) is 13.0. The van der Waals surface area contributed by atoms with Gasteiger partial charge in [-0.25, -0.2) is 4.79 Å². The molecule has 0 radical (unpaired) electrons. The Morgan fingerprint density at radius 3 is 2.32 bits per heavy atom. The summed E-state index contributed by atoms with van der Waals surface area (Å²) in [6, 6.07) is 21.3. The number of carbonyl (C=O) groups is 2. The zero-order valence-corrected chi connectivity index (χ0v) is 22.1. The zero-order valence-electron chi connectivity index (χ0n) is 22.1. The smallest absolute Gasteiger partial charge is 0.338 e. The number of methoxy groups -OCH3 is 1. The van der Waals surface area contributed by atoms with Gasteiger partial charge >= 0.3 is 5.97 Å². The molecule has 0 spiro atoms. The largest absolute Gasteiger partial charge is 0.496 e. The van der Waals surface area contributed by atoms with Gasteiger partial charge in [-0.2, -0.15) is 0 Å². The summed E-state index contributed by atoms with van der Waals surface area (Å²) in [5.74, 6) is 0.327. The van der Waals surface area contributed by atoms with Crippen LogP contribution < -0.4 is 10.1 Å². The number of amides is 1. The maximum atomic E-state index is 13.4. The molecule has 3 aromatic carbocycles. The highest BCUT2D eigenvalue weighted by atomic mass is 16.5. The Kier molecular flexibility index (Phi) is 8.62. The van der Waals surface area contributed by atoms with Gasteiger partial charge in [-0.05, 0) is 99.6 Å². The Bertz CT molecular complexity index is 1230. The molecular formula is C31H36N2O4. The van der Waals surface area contributed by atoms with Gasteiger partial charge in [-0.15, -0.1) is 0 Å². The van der Waals surface area contributed by atoms with Crippen LogP contribution in [0, 0.1) is 0 Å². The second-order valence-electron chi connectivity index (χ2n) is 9.66. The lowest BCUT2D eigenvalue weighted by Crippen LogP contribution is -2.37. The molecule has 1 aliphatic heterocycles. The summed E-state index contributed by atoms with van der Waals surface area (Å²) in [6.45, 7) is 8.52. The molecule has 3 aromatic rings. The van der Waals surface area contributed by atoms with Crippen LogP contribution in [0.4, 0.5) is 5.69 Å². The molecule has 1 N–H and O–H groups in total. The zero-order chi connectivity index (χ0) is 26.4. The lowest BCUT2D eigenvalue weighted by atomic mass is 9.88. The number of ether oxygens (including phenoxy) is 2. The van der Waals surface area contributed by atoms with Gasteiger partial charge in [0.15, 0.2) is 0 Å². The van der Waals surface area contributed by atoms with E-state index in [4.69, 9.17) is 9.47 Å². The van der Waals surface area contributed by atoms with Crippen molar-refractivity contribution in [2.75, 3.05) is 32.1 Å². The summed E-state index contributed by atoms with van der Waals surface area (Å²) in [5.41, 5.74) is 4.11. The highest BCUT2D eigenvalue weighted by molar-refractivity contribution is 6.11. The molecule has 6 nitrogen and oxygen atoms in total. The molecule has 194 valence electrons. The van der Waals surface area contributed by atoms with Crippen molar-refractivity contribution in [2.24, 2.45) is 0 Å². The number of rotatable bonds is 8. The summed E-state index contributed by atoms with van der Waals surface area (Å²) in [5, 5.41) is 3.00. The van der Waals surface area contributed by atoms with Gasteiger partial charge < -0.3 is 19.7 Å². The van der Waals surface area contributed by atoms with Gasteiger partial charge in [0, 0.05) is 11.7 Å². The molecule has 0 atom stereocenters. The number of benzene rings is 3. The van der Waals surface area contributed by atoms with E-state index in [0.29, 0.717) is 17.6 Å². The van der Waals surface area contributed by atoms with E-state index in [9.17, 15) is 9.59 Å². The third-order valence-corrected chi connectivity index (χ3v) is 7.05. The van der Waals surface area contributed by atoms with Crippen molar-refractivity contribution in [2.45, 2.75) is 45.6 Å². The molecule has 1 aliphatic rings. The molecule has 37 heavy (non-hydrogen) atoms. The summed E-state index contributed by atoms with van der Waals surface area (Å²) in [4.78, 5) is 28.7. The fourth-order valence-electron chi connectivity index (χ4n) is 4.99. The predicted molar refractivity (Wildman–Crippen MR) is 147 cm³/mol. The second-order valence-corrected chi connectivity index (χ2v) is 9.66.